The first-order chi connectivity index (χ1) is 5.88. The second kappa shape index (κ2) is 3.57. The maximum absolute atomic E-state index is 11.8. The number of benzene rings is 1. The summed E-state index contributed by atoms with van der Waals surface area (Å²) in [5.74, 6) is -0.264. The van der Waals surface area contributed by atoms with Crippen molar-refractivity contribution in [3.8, 4) is 5.75 Å². The Morgan fingerprint density at radius 3 is 2.38 bits per heavy atom. The smallest absolute Gasteiger partial charge is 0.405 e. The zero-order valence-electron chi connectivity index (χ0n) is 6.36. The van der Waals surface area contributed by atoms with E-state index in [1.807, 2.05) is 0 Å². The van der Waals surface area contributed by atoms with Crippen LogP contribution in [0.4, 0.5) is 13.2 Å². The first kappa shape index (κ1) is 10.4. The lowest BCUT2D eigenvalue weighted by Gasteiger charge is -2.10. The van der Waals surface area contributed by atoms with Crippen molar-refractivity contribution < 1.29 is 17.9 Å². The molecule has 0 aliphatic heterocycles. The van der Waals surface area contributed by atoms with Gasteiger partial charge in [0.25, 0.3) is 0 Å². The van der Waals surface area contributed by atoms with Gasteiger partial charge in [-0.3, -0.25) is 0 Å². The Bertz CT molecular complexity index is 309. The standard InChI is InChI=1S/C8H5BrF3O/c1-5-2-3-7(6(9)4-5)13-8(10,11)12/h2-4H,1H2. The minimum atomic E-state index is -4.66. The molecule has 0 aliphatic rings. The van der Waals surface area contributed by atoms with Crippen LogP contribution in [0.1, 0.15) is 5.56 Å². The molecule has 1 radical (unpaired) electrons. The van der Waals surface area contributed by atoms with Gasteiger partial charge >= 0.3 is 6.36 Å². The van der Waals surface area contributed by atoms with Gasteiger partial charge in [-0.05, 0) is 40.5 Å². The predicted octanol–water partition coefficient (Wildman–Crippen LogP) is 3.53. The summed E-state index contributed by atoms with van der Waals surface area (Å²) in [7, 11) is 0. The third kappa shape index (κ3) is 3.26. The summed E-state index contributed by atoms with van der Waals surface area (Å²) in [6.07, 6.45) is -4.66. The third-order valence-electron chi connectivity index (χ3n) is 1.22. The van der Waals surface area contributed by atoms with E-state index in [1.165, 1.54) is 18.2 Å². The Morgan fingerprint density at radius 1 is 1.31 bits per heavy atom. The Hall–Kier alpha value is -0.710. The van der Waals surface area contributed by atoms with E-state index in [2.05, 4.69) is 27.6 Å². The Balaban J connectivity index is 2.90. The molecule has 71 valence electrons. The van der Waals surface area contributed by atoms with Crippen molar-refractivity contribution >= 4 is 15.9 Å². The molecule has 0 aliphatic carbocycles. The van der Waals surface area contributed by atoms with Crippen molar-refractivity contribution in [2.45, 2.75) is 6.36 Å². The summed E-state index contributed by atoms with van der Waals surface area (Å²) in [5, 5.41) is 0. The van der Waals surface area contributed by atoms with Crippen LogP contribution in [-0.2, 0) is 0 Å². The molecule has 0 unspecified atom stereocenters. The van der Waals surface area contributed by atoms with E-state index < -0.39 is 6.36 Å². The molecule has 0 aromatic heterocycles. The van der Waals surface area contributed by atoms with Crippen LogP contribution in [0.25, 0.3) is 0 Å². The molecule has 0 saturated heterocycles. The predicted molar refractivity (Wildman–Crippen MR) is 45.3 cm³/mol. The van der Waals surface area contributed by atoms with Gasteiger partial charge in [0, 0.05) is 0 Å². The number of ether oxygens (including phenoxy) is 1. The monoisotopic (exact) mass is 253 g/mol. The normalized spacial score (nSPS) is 11.5. The van der Waals surface area contributed by atoms with Crippen molar-refractivity contribution in [1.82, 2.24) is 0 Å². The first-order valence-corrected chi connectivity index (χ1v) is 4.05. The Morgan fingerprint density at radius 2 is 1.92 bits per heavy atom. The van der Waals surface area contributed by atoms with Crippen LogP contribution >= 0.6 is 15.9 Å². The van der Waals surface area contributed by atoms with Crippen LogP contribution in [-0.4, -0.2) is 6.36 Å². The molecule has 0 bridgehead atoms. The summed E-state index contributed by atoms with van der Waals surface area (Å²) in [4.78, 5) is 0. The van der Waals surface area contributed by atoms with Crippen LogP contribution < -0.4 is 4.74 Å². The number of hydrogen-bond acceptors (Lipinski definition) is 1. The number of hydrogen-bond donors (Lipinski definition) is 0. The molecule has 0 atom stereocenters. The lowest BCUT2D eigenvalue weighted by Crippen LogP contribution is -2.17. The Kier molecular flexibility index (Phi) is 2.85. The highest BCUT2D eigenvalue weighted by Gasteiger charge is 2.31. The van der Waals surface area contributed by atoms with Gasteiger partial charge < -0.3 is 4.74 Å². The fourth-order valence-electron chi connectivity index (χ4n) is 0.752. The minimum absolute atomic E-state index is 0.234. The SMILES string of the molecule is [CH2]c1ccc(OC(F)(F)F)c(Br)c1. The van der Waals surface area contributed by atoms with Gasteiger partial charge in [0.1, 0.15) is 5.75 Å². The molecule has 1 nitrogen and oxygen atoms in total. The van der Waals surface area contributed by atoms with E-state index in [1.54, 1.807) is 0 Å². The quantitative estimate of drug-likeness (QED) is 0.744. The van der Waals surface area contributed by atoms with Crippen molar-refractivity contribution in [2.24, 2.45) is 0 Å². The van der Waals surface area contributed by atoms with E-state index in [0.717, 1.165) is 0 Å². The Labute approximate surface area is 81.6 Å². The average molecular weight is 254 g/mol. The van der Waals surface area contributed by atoms with Crippen molar-refractivity contribution in [3.63, 3.8) is 0 Å². The van der Waals surface area contributed by atoms with Gasteiger partial charge in [0.2, 0.25) is 0 Å². The molecule has 5 heteroatoms. The van der Waals surface area contributed by atoms with E-state index in [9.17, 15) is 13.2 Å². The third-order valence-corrected chi connectivity index (χ3v) is 1.84. The number of alkyl halides is 3. The first-order valence-electron chi connectivity index (χ1n) is 3.26. The van der Waals surface area contributed by atoms with E-state index in [4.69, 9.17) is 0 Å². The minimum Gasteiger partial charge on any atom is -0.405 e. The zero-order chi connectivity index (χ0) is 10.1. The topological polar surface area (TPSA) is 9.23 Å². The molecule has 0 N–H and O–H groups in total. The highest BCUT2D eigenvalue weighted by atomic mass is 79.9. The maximum Gasteiger partial charge on any atom is 0.573 e. The maximum atomic E-state index is 11.8. The molecule has 0 spiro atoms. The summed E-state index contributed by atoms with van der Waals surface area (Å²) >= 11 is 2.93. The van der Waals surface area contributed by atoms with Gasteiger partial charge in [0.15, 0.2) is 0 Å². The van der Waals surface area contributed by atoms with E-state index >= 15 is 0 Å². The molecule has 1 aromatic carbocycles. The van der Waals surface area contributed by atoms with Crippen molar-refractivity contribution in [1.29, 1.82) is 0 Å². The molecular formula is C8H5BrF3O. The molecule has 0 amide bonds. The second-order valence-electron chi connectivity index (χ2n) is 2.31. The van der Waals surface area contributed by atoms with Crippen LogP contribution in [0.3, 0.4) is 0 Å². The highest BCUT2D eigenvalue weighted by molar-refractivity contribution is 9.10. The molecule has 0 saturated carbocycles. The van der Waals surface area contributed by atoms with Crippen molar-refractivity contribution in [3.05, 3.63) is 35.2 Å². The van der Waals surface area contributed by atoms with Gasteiger partial charge in [-0.1, -0.05) is 6.07 Å². The van der Waals surface area contributed by atoms with Gasteiger partial charge in [-0.15, -0.1) is 13.2 Å². The fraction of sp³-hybridized carbons (Fsp3) is 0.125. The lowest BCUT2D eigenvalue weighted by molar-refractivity contribution is -0.274. The molecule has 0 heterocycles. The van der Waals surface area contributed by atoms with Crippen molar-refractivity contribution in [2.75, 3.05) is 0 Å². The molecule has 13 heavy (non-hydrogen) atoms. The molecule has 1 rings (SSSR count). The summed E-state index contributed by atoms with van der Waals surface area (Å²) in [6.45, 7) is 3.55. The lowest BCUT2D eigenvalue weighted by atomic mass is 10.2. The largest absolute Gasteiger partial charge is 0.573 e. The van der Waals surface area contributed by atoms with Gasteiger partial charge in [-0.2, -0.15) is 0 Å². The zero-order valence-corrected chi connectivity index (χ0v) is 7.95. The second-order valence-corrected chi connectivity index (χ2v) is 3.17. The highest BCUT2D eigenvalue weighted by Crippen LogP contribution is 2.30. The average Bonchev–Trinajstić information content (AvgIpc) is 1.93. The fourth-order valence-corrected chi connectivity index (χ4v) is 1.26. The van der Waals surface area contributed by atoms with E-state index in [-0.39, 0.29) is 10.2 Å². The van der Waals surface area contributed by atoms with Crippen LogP contribution in [0.15, 0.2) is 22.7 Å². The van der Waals surface area contributed by atoms with Crippen LogP contribution in [0.5, 0.6) is 5.75 Å². The summed E-state index contributed by atoms with van der Waals surface area (Å²) < 4.78 is 39.2. The van der Waals surface area contributed by atoms with Crippen LogP contribution in [0.2, 0.25) is 0 Å². The number of halogens is 4. The van der Waals surface area contributed by atoms with Gasteiger partial charge in [-0.25, -0.2) is 0 Å². The molecular weight excluding hydrogens is 249 g/mol. The van der Waals surface area contributed by atoms with Gasteiger partial charge in [0.05, 0.1) is 4.47 Å². The molecule has 0 fully saturated rings. The van der Waals surface area contributed by atoms with E-state index in [0.29, 0.717) is 5.56 Å². The summed E-state index contributed by atoms with van der Waals surface area (Å²) in [5.41, 5.74) is 0.612. The number of rotatable bonds is 1. The van der Waals surface area contributed by atoms with Crippen LogP contribution in [0, 0.1) is 6.92 Å². The molecule has 1 aromatic rings. The summed E-state index contributed by atoms with van der Waals surface area (Å²) in [6, 6.07) is 4.09.